The molecule has 0 unspecified atom stereocenters. The van der Waals surface area contributed by atoms with Crippen LogP contribution in [0.25, 0.3) is 11.5 Å². The Bertz CT molecular complexity index is 1310. The van der Waals surface area contributed by atoms with Crippen molar-refractivity contribution >= 4 is 38.1 Å². The molecule has 0 aliphatic heterocycles. The van der Waals surface area contributed by atoms with Crippen LogP contribution in [0, 0.1) is 6.92 Å². The Kier molecular flexibility index (Phi) is 6.61. The number of methoxy groups -OCH3 is 1. The zero-order valence-electron chi connectivity index (χ0n) is 18.2. The number of thiophene rings is 1. The number of nitrogens with one attached hydrogen (secondary N) is 1. The number of nitrogens with zero attached hydrogens (tertiary/aromatic N) is 2. The minimum atomic E-state index is -4.19. The Morgan fingerprint density at radius 3 is 2.73 bits per heavy atom. The van der Waals surface area contributed by atoms with Crippen molar-refractivity contribution < 1.29 is 27.2 Å². The molecule has 0 atom stereocenters. The van der Waals surface area contributed by atoms with Gasteiger partial charge in [0.25, 0.3) is 0 Å². The molecule has 11 heteroatoms. The van der Waals surface area contributed by atoms with Crippen LogP contribution in [0.3, 0.4) is 0 Å². The van der Waals surface area contributed by atoms with Crippen molar-refractivity contribution in [1.82, 2.24) is 10.2 Å². The van der Waals surface area contributed by atoms with Crippen LogP contribution in [0.15, 0.2) is 33.9 Å². The smallest absolute Gasteiger partial charge is 0.341 e. The fraction of sp³-hybridized carbons (Fsp3) is 0.364. The van der Waals surface area contributed by atoms with Crippen molar-refractivity contribution in [2.45, 2.75) is 44.3 Å². The molecule has 2 aromatic heterocycles. The average molecular weight is 490 g/mol. The van der Waals surface area contributed by atoms with E-state index in [1.54, 1.807) is 18.2 Å². The SMILES string of the molecule is COC(=O)c1c(NC(=O)CS(=O)(=O)c2nnc(-c3cccc(C)c3)o2)sc2c1CCCCC2. The lowest BCUT2D eigenvalue weighted by Gasteiger charge is -2.07. The second-order valence-electron chi connectivity index (χ2n) is 7.81. The van der Waals surface area contributed by atoms with Gasteiger partial charge in [-0.3, -0.25) is 4.79 Å². The number of aromatic nitrogens is 2. The predicted molar refractivity (Wildman–Crippen MR) is 122 cm³/mol. The highest BCUT2D eigenvalue weighted by Crippen LogP contribution is 2.38. The number of sulfone groups is 1. The fourth-order valence-electron chi connectivity index (χ4n) is 3.78. The summed E-state index contributed by atoms with van der Waals surface area (Å²) in [5, 5.41) is 9.68. The minimum absolute atomic E-state index is 0.0488. The van der Waals surface area contributed by atoms with E-state index in [9.17, 15) is 18.0 Å². The zero-order valence-corrected chi connectivity index (χ0v) is 19.8. The van der Waals surface area contributed by atoms with Crippen LogP contribution in [0.2, 0.25) is 0 Å². The van der Waals surface area contributed by atoms with Crippen LogP contribution in [-0.4, -0.2) is 43.4 Å². The summed E-state index contributed by atoms with van der Waals surface area (Å²) in [4.78, 5) is 26.1. The van der Waals surface area contributed by atoms with E-state index in [2.05, 4.69) is 15.5 Å². The number of hydrogen-bond acceptors (Lipinski definition) is 9. The molecule has 1 aliphatic rings. The molecule has 33 heavy (non-hydrogen) atoms. The molecule has 0 fully saturated rings. The number of anilines is 1. The fourth-order valence-corrected chi connectivity index (χ4v) is 5.98. The van der Waals surface area contributed by atoms with Gasteiger partial charge in [0.1, 0.15) is 10.8 Å². The number of ether oxygens (including phenoxy) is 1. The molecular formula is C22H23N3O6S2. The molecule has 1 aromatic carbocycles. The molecule has 0 bridgehead atoms. The molecule has 9 nitrogen and oxygen atoms in total. The van der Waals surface area contributed by atoms with Gasteiger partial charge in [0.2, 0.25) is 21.6 Å². The summed E-state index contributed by atoms with van der Waals surface area (Å²) < 4.78 is 35.7. The predicted octanol–water partition coefficient (Wildman–Crippen LogP) is 3.57. The highest BCUT2D eigenvalue weighted by atomic mass is 32.2. The number of carbonyl (C=O) groups excluding carboxylic acids is 2. The number of fused-ring (bicyclic) bond motifs is 1. The lowest BCUT2D eigenvalue weighted by Crippen LogP contribution is -2.24. The third kappa shape index (κ3) is 4.98. The highest BCUT2D eigenvalue weighted by molar-refractivity contribution is 7.91. The van der Waals surface area contributed by atoms with Crippen LogP contribution < -0.4 is 5.32 Å². The Balaban J connectivity index is 1.54. The quantitative estimate of drug-likeness (QED) is 0.411. The summed E-state index contributed by atoms with van der Waals surface area (Å²) in [6, 6.07) is 7.18. The van der Waals surface area contributed by atoms with Gasteiger partial charge in [0.15, 0.2) is 0 Å². The van der Waals surface area contributed by atoms with E-state index in [0.717, 1.165) is 41.7 Å². The van der Waals surface area contributed by atoms with Crippen LogP contribution in [0.4, 0.5) is 5.00 Å². The van der Waals surface area contributed by atoms with Crippen LogP contribution in [-0.2, 0) is 32.2 Å². The summed E-state index contributed by atoms with van der Waals surface area (Å²) >= 11 is 1.29. The van der Waals surface area contributed by atoms with Crippen molar-refractivity contribution in [3.8, 4) is 11.5 Å². The van der Waals surface area contributed by atoms with Crippen molar-refractivity contribution in [1.29, 1.82) is 0 Å². The summed E-state index contributed by atoms with van der Waals surface area (Å²) in [5.74, 6) is -2.20. The molecular weight excluding hydrogens is 466 g/mol. The lowest BCUT2D eigenvalue weighted by atomic mass is 10.1. The first-order valence-electron chi connectivity index (χ1n) is 10.4. The maximum absolute atomic E-state index is 12.7. The molecule has 0 saturated carbocycles. The number of rotatable bonds is 6. The number of benzene rings is 1. The lowest BCUT2D eigenvalue weighted by molar-refractivity contribution is -0.113. The van der Waals surface area contributed by atoms with Crippen molar-refractivity contribution in [2.24, 2.45) is 0 Å². The summed E-state index contributed by atoms with van der Waals surface area (Å²) in [6.45, 7) is 1.88. The summed E-state index contributed by atoms with van der Waals surface area (Å²) in [7, 11) is -2.91. The largest absolute Gasteiger partial charge is 0.465 e. The van der Waals surface area contributed by atoms with Gasteiger partial charge in [-0.15, -0.1) is 16.4 Å². The van der Waals surface area contributed by atoms with Gasteiger partial charge in [0, 0.05) is 10.4 Å². The van der Waals surface area contributed by atoms with Gasteiger partial charge >= 0.3 is 11.2 Å². The molecule has 1 aliphatic carbocycles. The Labute approximate surface area is 195 Å². The number of amides is 1. The maximum Gasteiger partial charge on any atom is 0.341 e. The standard InChI is InChI=1S/C22H23N3O6S2/c1-13-7-6-8-14(11-13)19-24-25-22(31-19)33(28,29)12-17(26)23-20-18(21(27)30-2)15-9-4-3-5-10-16(15)32-20/h6-8,11H,3-5,9-10,12H2,1-2H3,(H,23,26). The Hall–Kier alpha value is -3.05. The van der Waals surface area contributed by atoms with E-state index in [-0.39, 0.29) is 5.89 Å². The van der Waals surface area contributed by atoms with Gasteiger partial charge in [-0.2, -0.15) is 0 Å². The van der Waals surface area contributed by atoms with Gasteiger partial charge in [-0.05, 0) is 50.3 Å². The normalized spacial score (nSPS) is 13.8. The molecule has 1 N–H and O–H groups in total. The Morgan fingerprint density at radius 1 is 1.18 bits per heavy atom. The van der Waals surface area contributed by atoms with Gasteiger partial charge < -0.3 is 14.5 Å². The van der Waals surface area contributed by atoms with Crippen molar-refractivity contribution in [3.05, 3.63) is 45.8 Å². The second-order valence-corrected chi connectivity index (χ2v) is 10.8. The molecule has 174 valence electrons. The van der Waals surface area contributed by atoms with E-state index in [1.165, 1.54) is 18.4 Å². The third-order valence-corrected chi connectivity index (χ3v) is 7.87. The first kappa shape index (κ1) is 23.1. The number of aryl methyl sites for hydroxylation is 2. The van der Waals surface area contributed by atoms with E-state index < -0.39 is 32.7 Å². The van der Waals surface area contributed by atoms with E-state index in [1.807, 2.05) is 13.0 Å². The number of carbonyl (C=O) groups is 2. The van der Waals surface area contributed by atoms with Crippen LogP contribution in [0.5, 0.6) is 0 Å². The highest BCUT2D eigenvalue weighted by Gasteiger charge is 2.30. The average Bonchev–Trinajstić information content (AvgIpc) is 3.33. The Morgan fingerprint density at radius 2 is 1.97 bits per heavy atom. The second kappa shape index (κ2) is 9.44. The van der Waals surface area contributed by atoms with Gasteiger partial charge in [-0.25, -0.2) is 13.2 Å². The van der Waals surface area contributed by atoms with Crippen LogP contribution >= 0.6 is 11.3 Å². The number of esters is 1. The molecule has 4 rings (SSSR count). The zero-order chi connectivity index (χ0) is 23.6. The van der Waals surface area contributed by atoms with Gasteiger partial charge in [-0.1, -0.05) is 29.2 Å². The monoisotopic (exact) mass is 489 g/mol. The molecule has 0 saturated heterocycles. The van der Waals surface area contributed by atoms with Crippen molar-refractivity contribution in [3.63, 3.8) is 0 Å². The number of hydrogen-bond donors (Lipinski definition) is 1. The minimum Gasteiger partial charge on any atom is -0.465 e. The first-order valence-corrected chi connectivity index (χ1v) is 12.9. The van der Waals surface area contributed by atoms with Crippen LogP contribution in [0.1, 0.15) is 45.6 Å². The first-order chi connectivity index (χ1) is 15.8. The molecule has 3 aromatic rings. The van der Waals surface area contributed by atoms with Gasteiger partial charge in [0.05, 0.1) is 12.7 Å². The molecule has 0 spiro atoms. The van der Waals surface area contributed by atoms with Crippen molar-refractivity contribution in [2.75, 3.05) is 18.2 Å². The molecule has 1 amide bonds. The third-order valence-electron chi connectivity index (χ3n) is 5.32. The van der Waals surface area contributed by atoms with E-state index in [0.29, 0.717) is 22.5 Å². The molecule has 0 radical (unpaired) electrons. The maximum atomic E-state index is 12.7. The van der Waals surface area contributed by atoms with E-state index >= 15 is 0 Å². The molecule has 2 heterocycles. The summed E-state index contributed by atoms with van der Waals surface area (Å²) in [5.41, 5.74) is 2.72. The topological polar surface area (TPSA) is 128 Å². The summed E-state index contributed by atoms with van der Waals surface area (Å²) in [6.07, 6.45) is 4.53. The van der Waals surface area contributed by atoms with E-state index in [4.69, 9.17) is 9.15 Å².